The molecular weight excluding hydrogens is 436 g/mol. The van der Waals surface area contributed by atoms with Gasteiger partial charge in [0, 0.05) is 16.4 Å². The molecule has 1 N–H and O–H groups in total. The zero-order valence-corrected chi connectivity index (χ0v) is 18.5. The maximum atomic E-state index is 11.9. The molecule has 0 spiro atoms. The SMILES string of the molecule is O=C(COc1ccc(C2SCCS2)cc1)N/N=C\c1ccc(Sc2ccccc2)o1. The largest absolute Gasteiger partial charge is 0.484 e. The fraction of sp³-hybridized carbons (Fsp3) is 0.182. The van der Waals surface area contributed by atoms with Crippen molar-refractivity contribution < 1.29 is 13.9 Å². The van der Waals surface area contributed by atoms with Gasteiger partial charge in [-0.25, -0.2) is 5.43 Å². The van der Waals surface area contributed by atoms with E-state index in [2.05, 4.69) is 22.7 Å². The van der Waals surface area contributed by atoms with Crippen molar-refractivity contribution in [2.75, 3.05) is 18.1 Å². The number of nitrogens with zero attached hydrogens (tertiary/aromatic N) is 1. The summed E-state index contributed by atoms with van der Waals surface area (Å²) in [6.07, 6.45) is 1.47. The smallest absolute Gasteiger partial charge is 0.277 e. The van der Waals surface area contributed by atoms with Crippen molar-refractivity contribution in [3.63, 3.8) is 0 Å². The van der Waals surface area contributed by atoms with Gasteiger partial charge in [-0.15, -0.1) is 23.5 Å². The van der Waals surface area contributed by atoms with Crippen LogP contribution in [0.25, 0.3) is 0 Å². The highest BCUT2D eigenvalue weighted by Crippen LogP contribution is 2.45. The number of carbonyl (C=O) groups is 1. The van der Waals surface area contributed by atoms with Crippen molar-refractivity contribution >= 4 is 47.4 Å². The minimum Gasteiger partial charge on any atom is -0.484 e. The Balaban J connectivity index is 1.20. The zero-order chi connectivity index (χ0) is 20.6. The molecule has 154 valence electrons. The van der Waals surface area contributed by atoms with Crippen molar-refractivity contribution in [3.8, 4) is 5.75 Å². The molecule has 0 radical (unpaired) electrons. The third-order valence-corrected chi connectivity index (χ3v) is 8.12. The number of carbonyl (C=O) groups excluding carboxylic acids is 1. The number of nitrogens with one attached hydrogen (secondary N) is 1. The van der Waals surface area contributed by atoms with Crippen LogP contribution in [-0.2, 0) is 4.79 Å². The Morgan fingerprint density at radius 1 is 1.10 bits per heavy atom. The van der Waals surface area contributed by atoms with Crippen LogP contribution in [0.1, 0.15) is 15.9 Å². The molecule has 0 unspecified atom stereocenters. The van der Waals surface area contributed by atoms with Gasteiger partial charge in [0.1, 0.15) is 11.5 Å². The number of rotatable bonds is 8. The average Bonchev–Trinajstić information content (AvgIpc) is 3.46. The number of benzene rings is 2. The third kappa shape index (κ3) is 6.10. The summed E-state index contributed by atoms with van der Waals surface area (Å²) >= 11 is 5.45. The van der Waals surface area contributed by atoms with E-state index in [1.165, 1.54) is 35.0 Å². The summed E-state index contributed by atoms with van der Waals surface area (Å²) in [5.41, 5.74) is 3.73. The standard InChI is InChI=1S/C22H20N2O3S3/c25-20(15-26-17-8-6-16(7-9-17)22-28-12-13-29-22)24-23-14-18-10-11-21(27-18)30-19-4-2-1-3-5-19/h1-11,14,22H,12-13,15H2,(H,24,25)/b23-14-. The monoisotopic (exact) mass is 456 g/mol. The molecule has 0 saturated carbocycles. The molecule has 1 fully saturated rings. The minimum absolute atomic E-state index is 0.100. The Kier molecular flexibility index (Phi) is 7.44. The topological polar surface area (TPSA) is 63.8 Å². The van der Waals surface area contributed by atoms with Gasteiger partial charge in [-0.3, -0.25) is 4.79 Å². The van der Waals surface area contributed by atoms with E-state index >= 15 is 0 Å². The van der Waals surface area contributed by atoms with E-state index in [1.54, 1.807) is 6.07 Å². The quantitative estimate of drug-likeness (QED) is 0.360. The normalized spacial score (nSPS) is 14.3. The molecule has 8 heteroatoms. The Labute approximate surface area is 188 Å². The number of amides is 1. The molecule has 3 aromatic rings. The van der Waals surface area contributed by atoms with Crippen LogP contribution in [0.4, 0.5) is 0 Å². The van der Waals surface area contributed by atoms with Crippen LogP contribution in [0.3, 0.4) is 0 Å². The number of furan rings is 1. The second kappa shape index (κ2) is 10.7. The maximum absolute atomic E-state index is 11.9. The van der Waals surface area contributed by atoms with E-state index in [0.717, 1.165) is 9.99 Å². The van der Waals surface area contributed by atoms with Gasteiger partial charge in [0.2, 0.25) is 0 Å². The Bertz CT molecular complexity index is 984. The lowest BCUT2D eigenvalue weighted by Crippen LogP contribution is -2.24. The number of hydrazone groups is 1. The summed E-state index contributed by atoms with van der Waals surface area (Å²) in [7, 11) is 0. The number of hydrogen-bond acceptors (Lipinski definition) is 7. The summed E-state index contributed by atoms with van der Waals surface area (Å²) in [5.74, 6) is 3.29. The van der Waals surface area contributed by atoms with E-state index in [0.29, 0.717) is 16.1 Å². The number of ether oxygens (including phenoxy) is 1. The van der Waals surface area contributed by atoms with E-state index < -0.39 is 0 Å². The molecule has 5 nitrogen and oxygen atoms in total. The fourth-order valence-electron chi connectivity index (χ4n) is 2.68. The highest BCUT2D eigenvalue weighted by atomic mass is 32.2. The van der Waals surface area contributed by atoms with Crippen molar-refractivity contribution in [3.05, 3.63) is 78.1 Å². The zero-order valence-electron chi connectivity index (χ0n) is 16.0. The maximum Gasteiger partial charge on any atom is 0.277 e. The Hall–Kier alpha value is -2.29. The van der Waals surface area contributed by atoms with Crippen molar-refractivity contribution in [1.82, 2.24) is 5.43 Å². The number of hydrogen-bond donors (Lipinski definition) is 1. The van der Waals surface area contributed by atoms with Crippen LogP contribution >= 0.6 is 35.3 Å². The van der Waals surface area contributed by atoms with Gasteiger partial charge >= 0.3 is 0 Å². The summed E-state index contributed by atoms with van der Waals surface area (Å²) in [6, 6.07) is 21.6. The molecule has 2 heterocycles. The molecule has 4 rings (SSSR count). The highest BCUT2D eigenvalue weighted by molar-refractivity contribution is 8.19. The first-order valence-electron chi connectivity index (χ1n) is 9.37. The first-order valence-corrected chi connectivity index (χ1v) is 12.3. The molecule has 1 aliphatic heterocycles. The second-order valence-electron chi connectivity index (χ2n) is 6.30. The fourth-order valence-corrected chi connectivity index (χ4v) is 6.34. The third-order valence-electron chi connectivity index (χ3n) is 4.09. The van der Waals surface area contributed by atoms with Crippen molar-refractivity contribution in [2.45, 2.75) is 14.6 Å². The van der Waals surface area contributed by atoms with E-state index in [4.69, 9.17) is 9.15 Å². The molecule has 1 amide bonds. The van der Waals surface area contributed by atoms with Gasteiger partial charge in [0.05, 0.1) is 10.8 Å². The van der Waals surface area contributed by atoms with Crippen LogP contribution < -0.4 is 10.2 Å². The predicted octanol–water partition coefficient (Wildman–Crippen LogP) is 5.44. The van der Waals surface area contributed by atoms with E-state index in [-0.39, 0.29) is 12.5 Å². The summed E-state index contributed by atoms with van der Waals surface area (Å²) in [4.78, 5) is 13.0. The Morgan fingerprint density at radius 2 is 1.87 bits per heavy atom. The number of thioether (sulfide) groups is 2. The van der Waals surface area contributed by atoms with Gasteiger partial charge in [0.25, 0.3) is 5.91 Å². The first kappa shape index (κ1) is 21.0. The van der Waals surface area contributed by atoms with Crippen molar-refractivity contribution in [2.24, 2.45) is 5.10 Å². The van der Waals surface area contributed by atoms with Crippen LogP contribution in [0.15, 0.2) is 86.2 Å². The van der Waals surface area contributed by atoms with Crippen LogP contribution in [0.5, 0.6) is 5.75 Å². The second-order valence-corrected chi connectivity index (χ2v) is 10.1. The lowest BCUT2D eigenvalue weighted by atomic mass is 10.2. The van der Waals surface area contributed by atoms with E-state index in [1.807, 2.05) is 72.1 Å². The van der Waals surface area contributed by atoms with Gasteiger partial charge < -0.3 is 9.15 Å². The molecule has 30 heavy (non-hydrogen) atoms. The average molecular weight is 457 g/mol. The van der Waals surface area contributed by atoms with Gasteiger partial charge in [-0.2, -0.15) is 5.10 Å². The molecular formula is C22H20N2O3S3. The van der Waals surface area contributed by atoms with Crippen LogP contribution in [0.2, 0.25) is 0 Å². The van der Waals surface area contributed by atoms with Gasteiger partial charge in [-0.1, -0.05) is 42.1 Å². The highest BCUT2D eigenvalue weighted by Gasteiger charge is 2.17. The van der Waals surface area contributed by atoms with E-state index in [9.17, 15) is 4.79 Å². The molecule has 0 aliphatic carbocycles. The van der Waals surface area contributed by atoms with Crippen molar-refractivity contribution in [1.29, 1.82) is 0 Å². The first-order chi connectivity index (χ1) is 14.8. The molecule has 2 aromatic carbocycles. The molecule has 0 atom stereocenters. The van der Waals surface area contributed by atoms with Crippen LogP contribution in [0, 0.1) is 0 Å². The van der Waals surface area contributed by atoms with Crippen LogP contribution in [-0.4, -0.2) is 30.2 Å². The molecule has 0 bridgehead atoms. The van der Waals surface area contributed by atoms with Gasteiger partial charge in [-0.05, 0) is 42.0 Å². The lowest BCUT2D eigenvalue weighted by Gasteiger charge is -2.09. The van der Waals surface area contributed by atoms with Gasteiger partial charge in [0.15, 0.2) is 11.7 Å². The molecule has 1 aliphatic rings. The summed E-state index contributed by atoms with van der Waals surface area (Å²) in [5, 5.41) is 4.69. The Morgan fingerprint density at radius 3 is 2.63 bits per heavy atom. The summed E-state index contributed by atoms with van der Waals surface area (Å²) in [6.45, 7) is -0.100. The predicted molar refractivity (Wildman–Crippen MR) is 125 cm³/mol. The molecule has 1 aromatic heterocycles. The summed E-state index contributed by atoms with van der Waals surface area (Å²) < 4.78 is 11.7. The lowest BCUT2D eigenvalue weighted by molar-refractivity contribution is -0.123. The minimum atomic E-state index is -0.331. The molecule has 1 saturated heterocycles.